The van der Waals surface area contributed by atoms with E-state index in [1.807, 2.05) is 6.07 Å². The Morgan fingerprint density at radius 2 is 2.06 bits per heavy atom. The maximum absolute atomic E-state index is 13.3. The van der Waals surface area contributed by atoms with Gasteiger partial charge in [0.25, 0.3) is 5.91 Å². The molecule has 0 radical (unpaired) electrons. The molecule has 2 heterocycles. The van der Waals surface area contributed by atoms with E-state index in [1.165, 1.54) is 18.9 Å². The number of nitrogens with zero attached hydrogens (tertiary/aromatic N) is 3. The predicted molar refractivity (Wildman–Crippen MR) is 133 cm³/mol. The van der Waals surface area contributed by atoms with Gasteiger partial charge in [0.15, 0.2) is 5.11 Å². The van der Waals surface area contributed by atoms with E-state index < -0.39 is 11.9 Å². The van der Waals surface area contributed by atoms with Crippen molar-refractivity contribution < 1.29 is 27.4 Å². The molecule has 7 nitrogen and oxygen atoms in total. The number of aromatic nitrogens is 1. The number of nitrogens with one attached hydrogen (secondary N) is 1. The SMILES string of the molecule is COCCCN1C(=O)/C(=C\c2ccc(OC)c(CSc3nc(C(F)(F)F)cc(C)c3C#N)c2)NC1=S. The van der Waals surface area contributed by atoms with Crippen LogP contribution in [0.1, 0.15) is 34.4 Å². The normalized spacial score (nSPS) is 14.8. The standard InChI is InChI=1S/C24H23F3N4O3S2/c1-14-9-20(24(25,26)27)30-21(17(14)12-28)36-13-16-10-15(5-6-19(16)34-3)11-18-22(32)31(23(35)29-18)7-4-8-33-2/h5-6,9-11H,4,7-8,13H2,1-3H3,(H,29,35)/b18-11+. The van der Waals surface area contributed by atoms with Gasteiger partial charge in [-0.3, -0.25) is 9.69 Å². The number of thioether (sulfide) groups is 1. The lowest BCUT2D eigenvalue weighted by atomic mass is 10.1. The van der Waals surface area contributed by atoms with Crippen LogP contribution < -0.4 is 10.1 Å². The number of ether oxygens (including phenoxy) is 2. The van der Waals surface area contributed by atoms with Crippen molar-refractivity contribution in [1.29, 1.82) is 5.26 Å². The van der Waals surface area contributed by atoms with E-state index in [2.05, 4.69) is 10.3 Å². The van der Waals surface area contributed by atoms with Gasteiger partial charge >= 0.3 is 6.18 Å². The fraction of sp³-hybridized carbons (Fsp3) is 0.333. The highest BCUT2D eigenvalue weighted by molar-refractivity contribution is 7.98. The van der Waals surface area contributed by atoms with Gasteiger partial charge in [0.2, 0.25) is 0 Å². The van der Waals surface area contributed by atoms with E-state index in [0.717, 1.165) is 17.8 Å². The number of rotatable bonds is 9. The fourth-order valence-electron chi connectivity index (χ4n) is 3.48. The highest BCUT2D eigenvalue weighted by atomic mass is 32.2. The van der Waals surface area contributed by atoms with Gasteiger partial charge in [-0.1, -0.05) is 6.07 Å². The molecule has 1 amide bonds. The molecule has 190 valence electrons. The number of halogens is 3. The molecule has 0 saturated carbocycles. The van der Waals surface area contributed by atoms with Crippen molar-refractivity contribution in [1.82, 2.24) is 15.2 Å². The average Bonchev–Trinajstić information content (AvgIpc) is 3.09. The van der Waals surface area contributed by atoms with Crippen LogP contribution in [0.15, 0.2) is 35.0 Å². The van der Waals surface area contributed by atoms with Gasteiger partial charge in [0, 0.05) is 31.6 Å². The lowest BCUT2D eigenvalue weighted by molar-refractivity contribution is -0.141. The molecule has 2 aromatic rings. The Bertz CT molecular complexity index is 1240. The van der Waals surface area contributed by atoms with Crippen molar-refractivity contribution in [3.63, 3.8) is 0 Å². The first-order valence-electron chi connectivity index (χ1n) is 10.7. The Morgan fingerprint density at radius 3 is 2.69 bits per heavy atom. The summed E-state index contributed by atoms with van der Waals surface area (Å²) in [5.74, 6) is 0.436. The second-order valence-corrected chi connectivity index (χ2v) is 9.12. The molecule has 0 atom stereocenters. The number of methoxy groups -OCH3 is 2. The van der Waals surface area contributed by atoms with Gasteiger partial charge in [0.1, 0.15) is 28.2 Å². The smallest absolute Gasteiger partial charge is 0.433 e. The summed E-state index contributed by atoms with van der Waals surface area (Å²) in [4.78, 5) is 17.9. The molecule has 1 N–H and O–H groups in total. The zero-order valence-corrected chi connectivity index (χ0v) is 21.4. The van der Waals surface area contributed by atoms with Crippen molar-refractivity contribution >= 4 is 41.1 Å². The topological polar surface area (TPSA) is 87.5 Å². The number of carbonyl (C=O) groups is 1. The van der Waals surface area contributed by atoms with Crippen LogP contribution in [0.2, 0.25) is 0 Å². The molecular formula is C24H23F3N4O3S2. The minimum absolute atomic E-state index is 0.0136. The van der Waals surface area contributed by atoms with Crippen molar-refractivity contribution in [2.24, 2.45) is 0 Å². The fourth-order valence-corrected chi connectivity index (χ4v) is 4.80. The average molecular weight is 537 g/mol. The Hall–Kier alpha value is -3.14. The molecule has 1 aromatic carbocycles. The number of amides is 1. The van der Waals surface area contributed by atoms with Crippen LogP contribution in [0.25, 0.3) is 6.08 Å². The van der Waals surface area contributed by atoms with Gasteiger partial charge < -0.3 is 14.8 Å². The lowest BCUT2D eigenvalue weighted by Gasteiger charge is -2.13. The minimum Gasteiger partial charge on any atom is -0.496 e. The van der Waals surface area contributed by atoms with Crippen LogP contribution in [-0.2, 0) is 21.5 Å². The third-order valence-corrected chi connectivity index (χ3v) is 6.60. The Balaban J connectivity index is 1.86. The molecule has 0 aliphatic carbocycles. The number of thiocarbonyl (C=S) groups is 1. The summed E-state index contributed by atoms with van der Waals surface area (Å²) in [5, 5.41) is 12.7. The number of benzene rings is 1. The van der Waals surface area contributed by atoms with Crippen LogP contribution in [-0.4, -0.2) is 48.3 Å². The van der Waals surface area contributed by atoms with Crippen molar-refractivity contribution in [2.45, 2.75) is 30.3 Å². The molecule has 1 fully saturated rings. The maximum Gasteiger partial charge on any atom is 0.433 e. The van der Waals surface area contributed by atoms with Crippen molar-refractivity contribution in [3.05, 3.63) is 57.9 Å². The second kappa shape index (κ2) is 11.7. The van der Waals surface area contributed by atoms with Gasteiger partial charge in [-0.25, -0.2) is 4.98 Å². The van der Waals surface area contributed by atoms with Crippen LogP contribution in [0, 0.1) is 18.3 Å². The van der Waals surface area contributed by atoms with Gasteiger partial charge in [-0.15, -0.1) is 11.8 Å². The number of pyridine rings is 1. The Labute approximate surface area is 216 Å². The van der Waals surface area contributed by atoms with E-state index in [4.69, 9.17) is 21.7 Å². The highest BCUT2D eigenvalue weighted by Gasteiger charge is 2.34. The summed E-state index contributed by atoms with van der Waals surface area (Å²) >= 11 is 6.27. The largest absolute Gasteiger partial charge is 0.496 e. The number of hydrogen-bond donors (Lipinski definition) is 1. The summed E-state index contributed by atoms with van der Waals surface area (Å²) in [6.45, 7) is 2.37. The number of carbonyl (C=O) groups excluding carboxylic acids is 1. The number of nitriles is 1. The first-order chi connectivity index (χ1) is 17.1. The van der Waals surface area contributed by atoms with Crippen LogP contribution in [0.4, 0.5) is 13.2 Å². The van der Waals surface area contributed by atoms with Crippen molar-refractivity contribution in [2.75, 3.05) is 27.4 Å². The zero-order chi connectivity index (χ0) is 26.5. The Kier molecular flexibility index (Phi) is 8.94. The third-order valence-electron chi connectivity index (χ3n) is 5.26. The molecule has 0 bridgehead atoms. The quantitative estimate of drug-likeness (QED) is 0.214. The van der Waals surface area contributed by atoms with Crippen molar-refractivity contribution in [3.8, 4) is 11.8 Å². The molecule has 0 spiro atoms. The van der Waals surface area contributed by atoms with Gasteiger partial charge in [-0.05, 0) is 61.0 Å². The Morgan fingerprint density at radius 1 is 1.31 bits per heavy atom. The first-order valence-corrected chi connectivity index (χ1v) is 12.1. The lowest BCUT2D eigenvalue weighted by Crippen LogP contribution is -2.32. The number of hydrogen-bond acceptors (Lipinski definition) is 7. The first kappa shape index (κ1) is 27.4. The zero-order valence-electron chi connectivity index (χ0n) is 19.7. The molecule has 3 rings (SSSR count). The summed E-state index contributed by atoms with van der Waals surface area (Å²) in [6.07, 6.45) is -2.35. The van der Waals surface area contributed by atoms with Crippen LogP contribution in [0.5, 0.6) is 5.75 Å². The molecule has 36 heavy (non-hydrogen) atoms. The monoisotopic (exact) mass is 536 g/mol. The molecule has 1 saturated heterocycles. The van der Waals surface area contributed by atoms with E-state index >= 15 is 0 Å². The summed E-state index contributed by atoms with van der Waals surface area (Å²) in [5.41, 5.74) is 0.865. The van der Waals surface area contributed by atoms with E-state index in [1.54, 1.807) is 31.4 Å². The molecule has 0 unspecified atom stereocenters. The second-order valence-electron chi connectivity index (χ2n) is 7.77. The number of alkyl halides is 3. The van der Waals surface area contributed by atoms with E-state index in [-0.39, 0.29) is 27.8 Å². The predicted octanol–water partition coefficient (Wildman–Crippen LogP) is 4.68. The highest BCUT2D eigenvalue weighted by Crippen LogP contribution is 2.35. The molecular weight excluding hydrogens is 513 g/mol. The van der Waals surface area contributed by atoms with Crippen LogP contribution >= 0.6 is 24.0 Å². The molecule has 1 aliphatic rings. The van der Waals surface area contributed by atoms with Crippen LogP contribution in [0.3, 0.4) is 0 Å². The minimum atomic E-state index is -4.63. The van der Waals surface area contributed by atoms with Gasteiger partial charge in [-0.2, -0.15) is 18.4 Å². The molecule has 1 aliphatic heterocycles. The molecule has 12 heteroatoms. The molecule has 1 aromatic heterocycles. The third kappa shape index (κ3) is 6.34. The number of aryl methyl sites for hydroxylation is 1. The van der Waals surface area contributed by atoms with E-state index in [9.17, 15) is 23.2 Å². The maximum atomic E-state index is 13.3. The van der Waals surface area contributed by atoms with Gasteiger partial charge in [0.05, 0.1) is 12.7 Å². The summed E-state index contributed by atoms with van der Waals surface area (Å²) < 4.78 is 50.2. The summed E-state index contributed by atoms with van der Waals surface area (Å²) in [7, 11) is 3.06. The summed E-state index contributed by atoms with van der Waals surface area (Å²) in [6, 6.07) is 8.01. The van der Waals surface area contributed by atoms with E-state index in [0.29, 0.717) is 47.3 Å².